The fourth-order valence-corrected chi connectivity index (χ4v) is 2.39. The third-order valence-electron chi connectivity index (χ3n) is 3.32. The van der Waals surface area contributed by atoms with Crippen molar-refractivity contribution in [3.63, 3.8) is 0 Å². The fraction of sp³-hybridized carbons (Fsp3) is 0.625. The quantitative estimate of drug-likeness (QED) is 0.587. The number of rotatable bonds is 11. The highest BCUT2D eigenvalue weighted by Gasteiger charge is 2.10. The van der Waals surface area contributed by atoms with E-state index in [1.807, 2.05) is 12.1 Å². The molecule has 0 fully saturated rings. The maximum atomic E-state index is 9.89. The monoisotopic (exact) mass is 315 g/mol. The van der Waals surface area contributed by atoms with E-state index in [1.165, 1.54) is 0 Å². The summed E-state index contributed by atoms with van der Waals surface area (Å²) >= 11 is 5.98. The molecule has 4 nitrogen and oxygen atoms in total. The molecule has 3 N–H and O–H groups in total. The molecule has 5 heteroatoms. The summed E-state index contributed by atoms with van der Waals surface area (Å²) in [6.07, 6.45) is 2.40. The molecule has 2 unspecified atom stereocenters. The van der Waals surface area contributed by atoms with E-state index in [0.717, 1.165) is 25.8 Å². The molecule has 0 aliphatic carbocycles. The van der Waals surface area contributed by atoms with Gasteiger partial charge in [-0.25, -0.2) is 0 Å². The minimum Gasteiger partial charge on any atom is -0.489 e. The van der Waals surface area contributed by atoms with Gasteiger partial charge >= 0.3 is 0 Å². The summed E-state index contributed by atoms with van der Waals surface area (Å²) in [6, 6.07) is 7.21. The van der Waals surface area contributed by atoms with Crippen molar-refractivity contribution in [1.29, 1.82) is 0 Å². The second kappa shape index (κ2) is 10.9. The van der Waals surface area contributed by atoms with Gasteiger partial charge in [0.15, 0.2) is 0 Å². The SMILES string of the molecule is CCCC(CCO)CNCC(O)COc1ccccc1Cl. The zero-order valence-corrected chi connectivity index (χ0v) is 13.4. The molecule has 0 aromatic heterocycles. The van der Waals surface area contributed by atoms with Crippen LogP contribution in [-0.2, 0) is 0 Å². The van der Waals surface area contributed by atoms with Crippen molar-refractivity contribution in [3.8, 4) is 5.75 Å². The Balaban J connectivity index is 2.21. The van der Waals surface area contributed by atoms with Crippen LogP contribution in [0.4, 0.5) is 0 Å². The summed E-state index contributed by atoms with van der Waals surface area (Å²) in [5.41, 5.74) is 0. The molecule has 0 aliphatic rings. The minimum absolute atomic E-state index is 0.204. The van der Waals surface area contributed by atoms with E-state index in [9.17, 15) is 5.11 Å². The Morgan fingerprint density at radius 1 is 1.24 bits per heavy atom. The van der Waals surface area contributed by atoms with Crippen molar-refractivity contribution in [2.45, 2.75) is 32.3 Å². The molecule has 120 valence electrons. The first-order valence-corrected chi connectivity index (χ1v) is 7.92. The number of aliphatic hydroxyl groups excluding tert-OH is 2. The van der Waals surface area contributed by atoms with Crippen molar-refractivity contribution in [3.05, 3.63) is 29.3 Å². The Morgan fingerprint density at radius 3 is 2.67 bits per heavy atom. The molecular formula is C16H26ClNO3. The number of hydrogen-bond acceptors (Lipinski definition) is 4. The molecule has 1 rings (SSSR count). The van der Waals surface area contributed by atoms with E-state index < -0.39 is 6.10 Å². The Hall–Kier alpha value is -0.810. The molecule has 0 aliphatic heterocycles. The number of benzene rings is 1. The minimum atomic E-state index is -0.585. The van der Waals surface area contributed by atoms with E-state index in [0.29, 0.717) is 23.2 Å². The van der Waals surface area contributed by atoms with Gasteiger partial charge in [0.2, 0.25) is 0 Å². The summed E-state index contributed by atoms with van der Waals surface area (Å²) in [6.45, 7) is 3.82. The van der Waals surface area contributed by atoms with Gasteiger partial charge in [-0.15, -0.1) is 0 Å². The molecule has 21 heavy (non-hydrogen) atoms. The first-order valence-electron chi connectivity index (χ1n) is 7.54. The van der Waals surface area contributed by atoms with Crippen molar-refractivity contribution in [1.82, 2.24) is 5.32 Å². The van der Waals surface area contributed by atoms with Crippen LogP contribution in [-0.4, -0.2) is 42.6 Å². The summed E-state index contributed by atoms with van der Waals surface area (Å²) in [5.74, 6) is 1.04. The molecule has 0 radical (unpaired) electrons. The van der Waals surface area contributed by atoms with Crippen LogP contribution in [0.1, 0.15) is 26.2 Å². The lowest BCUT2D eigenvalue weighted by molar-refractivity contribution is 0.105. The molecule has 0 saturated heterocycles. The number of aliphatic hydroxyl groups is 2. The molecule has 1 aromatic rings. The van der Waals surface area contributed by atoms with E-state index >= 15 is 0 Å². The molecular weight excluding hydrogens is 290 g/mol. The number of ether oxygens (including phenoxy) is 1. The first-order chi connectivity index (χ1) is 10.2. The van der Waals surface area contributed by atoms with Crippen molar-refractivity contribution >= 4 is 11.6 Å². The van der Waals surface area contributed by atoms with Gasteiger partial charge in [0.1, 0.15) is 18.5 Å². The van der Waals surface area contributed by atoms with E-state index in [2.05, 4.69) is 12.2 Å². The lowest BCUT2D eigenvalue weighted by atomic mass is 10.0. The van der Waals surface area contributed by atoms with Crippen molar-refractivity contribution < 1.29 is 14.9 Å². The van der Waals surface area contributed by atoms with Crippen LogP contribution in [0.3, 0.4) is 0 Å². The fourth-order valence-electron chi connectivity index (χ4n) is 2.20. The largest absolute Gasteiger partial charge is 0.489 e. The summed E-state index contributed by atoms with van der Waals surface area (Å²) in [4.78, 5) is 0. The highest BCUT2D eigenvalue weighted by atomic mass is 35.5. The average Bonchev–Trinajstić information content (AvgIpc) is 2.47. The summed E-state index contributed by atoms with van der Waals surface area (Å²) in [5, 5.41) is 22.7. The van der Waals surface area contributed by atoms with E-state index in [-0.39, 0.29) is 13.2 Å². The molecule has 0 spiro atoms. The van der Waals surface area contributed by atoms with Gasteiger partial charge in [-0.3, -0.25) is 0 Å². The van der Waals surface area contributed by atoms with Crippen LogP contribution < -0.4 is 10.1 Å². The Labute approximate surface area is 132 Å². The van der Waals surface area contributed by atoms with Gasteiger partial charge in [0.05, 0.1) is 5.02 Å². The Kier molecular flexibility index (Phi) is 9.42. The van der Waals surface area contributed by atoms with Crippen LogP contribution in [0, 0.1) is 5.92 Å². The first kappa shape index (κ1) is 18.2. The maximum absolute atomic E-state index is 9.89. The van der Waals surface area contributed by atoms with Gasteiger partial charge in [0, 0.05) is 13.2 Å². The normalized spacial score (nSPS) is 13.9. The molecule has 1 aromatic carbocycles. The second-order valence-corrected chi connectivity index (χ2v) is 5.63. The molecule has 2 atom stereocenters. The van der Waals surface area contributed by atoms with Crippen molar-refractivity contribution in [2.75, 3.05) is 26.3 Å². The lowest BCUT2D eigenvalue weighted by Crippen LogP contribution is -2.34. The third kappa shape index (κ3) is 7.67. The van der Waals surface area contributed by atoms with Gasteiger partial charge in [-0.2, -0.15) is 0 Å². The third-order valence-corrected chi connectivity index (χ3v) is 3.63. The molecule has 0 bridgehead atoms. The van der Waals surface area contributed by atoms with Crippen LogP contribution >= 0.6 is 11.6 Å². The van der Waals surface area contributed by atoms with Crippen LogP contribution in [0.15, 0.2) is 24.3 Å². The van der Waals surface area contributed by atoms with Crippen LogP contribution in [0.2, 0.25) is 5.02 Å². The van der Waals surface area contributed by atoms with Gasteiger partial charge in [-0.05, 0) is 37.4 Å². The molecule has 0 saturated carbocycles. The van der Waals surface area contributed by atoms with Crippen LogP contribution in [0.25, 0.3) is 0 Å². The zero-order valence-electron chi connectivity index (χ0n) is 12.6. The van der Waals surface area contributed by atoms with E-state index in [4.69, 9.17) is 21.4 Å². The topological polar surface area (TPSA) is 61.7 Å². The predicted octanol–water partition coefficient (Wildman–Crippen LogP) is 2.47. The number of para-hydroxylation sites is 1. The Bertz CT molecular complexity index is 384. The lowest BCUT2D eigenvalue weighted by Gasteiger charge is -2.18. The number of halogens is 1. The van der Waals surface area contributed by atoms with Gasteiger partial charge in [-0.1, -0.05) is 37.1 Å². The van der Waals surface area contributed by atoms with Gasteiger partial charge in [0.25, 0.3) is 0 Å². The highest BCUT2D eigenvalue weighted by molar-refractivity contribution is 6.32. The molecule has 0 amide bonds. The van der Waals surface area contributed by atoms with Crippen LogP contribution in [0.5, 0.6) is 5.75 Å². The van der Waals surface area contributed by atoms with E-state index in [1.54, 1.807) is 12.1 Å². The van der Waals surface area contributed by atoms with Gasteiger partial charge < -0.3 is 20.3 Å². The number of nitrogens with one attached hydrogen (secondary N) is 1. The maximum Gasteiger partial charge on any atom is 0.138 e. The molecule has 0 heterocycles. The summed E-state index contributed by atoms with van der Waals surface area (Å²) < 4.78 is 5.49. The predicted molar refractivity (Wildman–Crippen MR) is 85.9 cm³/mol. The summed E-state index contributed by atoms with van der Waals surface area (Å²) in [7, 11) is 0. The Morgan fingerprint density at radius 2 is 2.00 bits per heavy atom. The second-order valence-electron chi connectivity index (χ2n) is 5.22. The highest BCUT2D eigenvalue weighted by Crippen LogP contribution is 2.23. The van der Waals surface area contributed by atoms with Crippen molar-refractivity contribution in [2.24, 2.45) is 5.92 Å². The standard InChI is InChI=1S/C16H26ClNO3/c1-2-5-13(8-9-19)10-18-11-14(20)12-21-16-7-4-3-6-15(16)17/h3-4,6-7,13-14,18-20H,2,5,8-12H2,1H3. The average molecular weight is 316 g/mol. The smallest absolute Gasteiger partial charge is 0.138 e. The number of hydrogen-bond donors (Lipinski definition) is 3. The zero-order chi connectivity index (χ0) is 15.5.